The summed E-state index contributed by atoms with van der Waals surface area (Å²) in [5, 5.41) is 3.15. The number of aromatic nitrogens is 4. The standard InChI is InChI=1S/C33H49N7O/c41-33(29(23-31-34-15-16-35-31)24-32-36-17-18-37-32)38-25-27-11-13-28(14-12-27)26-39-19-5-2-6-21-40(22-8-7-20-39)30-9-3-1-4-10-30/h11-18,29-30H,1-10,19-26H2,(H,34,35)(H,36,37)(H,38,41). The highest BCUT2D eigenvalue weighted by atomic mass is 16.1. The van der Waals surface area contributed by atoms with Gasteiger partial charge >= 0.3 is 0 Å². The second kappa shape index (κ2) is 15.9. The number of H-pyrrole nitrogens is 2. The number of aromatic amines is 2. The van der Waals surface area contributed by atoms with E-state index < -0.39 is 0 Å². The molecule has 2 aromatic heterocycles. The van der Waals surface area contributed by atoms with Crippen molar-refractivity contribution in [3.8, 4) is 0 Å². The summed E-state index contributed by atoms with van der Waals surface area (Å²) in [4.78, 5) is 33.5. The van der Waals surface area contributed by atoms with Crippen molar-refractivity contribution in [1.82, 2.24) is 35.1 Å². The third-order valence-corrected chi connectivity index (χ3v) is 8.94. The Labute approximate surface area is 245 Å². The molecule has 1 aliphatic carbocycles. The first-order chi connectivity index (χ1) is 20.2. The molecule has 41 heavy (non-hydrogen) atoms. The molecular formula is C33H49N7O. The minimum Gasteiger partial charge on any atom is -0.352 e. The first-order valence-corrected chi connectivity index (χ1v) is 16.0. The third kappa shape index (κ3) is 9.54. The Hall–Kier alpha value is -2.97. The number of carbonyl (C=O) groups excluding carboxylic acids is 1. The highest BCUT2D eigenvalue weighted by Gasteiger charge is 2.22. The SMILES string of the molecule is O=C(NCc1ccc(CN2CCCCCN(C3CCCCC3)CCCC2)cc1)C(Cc1ncc[nH]1)Cc1ncc[nH]1. The van der Waals surface area contributed by atoms with Gasteiger partial charge < -0.3 is 20.2 Å². The predicted molar refractivity (Wildman–Crippen MR) is 163 cm³/mol. The highest BCUT2D eigenvalue weighted by molar-refractivity contribution is 5.79. The van der Waals surface area contributed by atoms with Gasteiger partial charge in [0, 0.05) is 56.8 Å². The lowest BCUT2D eigenvalue weighted by Gasteiger charge is -2.34. The second-order valence-electron chi connectivity index (χ2n) is 12.1. The van der Waals surface area contributed by atoms with Gasteiger partial charge in [0.1, 0.15) is 11.6 Å². The van der Waals surface area contributed by atoms with Gasteiger partial charge in [-0.05, 0) is 75.8 Å². The van der Waals surface area contributed by atoms with E-state index in [1.54, 1.807) is 24.8 Å². The van der Waals surface area contributed by atoms with Crippen LogP contribution in [0.1, 0.15) is 87.0 Å². The van der Waals surface area contributed by atoms with Gasteiger partial charge in [0.2, 0.25) is 5.91 Å². The van der Waals surface area contributed by atoms with Crippen LogP contribution in [0.3, 0.4) is 0 Å². The average Bonchev–Trinajstić information content (AvgIpc) is 3.71. The smallest absolute Gasteiger partial charge is 0.224 e. The molecule has 3 N–H and O–H groups in total. The van der Waals surface area contributed by atoms with Crippen LogP contribution in [-0.2, 0) is 30.7 Å². The van der Waals surface area contributed by atoms with Gasteiger partial charge in [0.05, 0.1) is 5.92 Å². The molecule has 0 spiro atoms. The van der Waals surface area contributed by atoms with Crippen molar-refractivity contribution in [2.24, 2.45) is 5.92 Å². The normalized spacial score (nSPS) is 18.8. The lowest BCUT2D eigenvalue weighted by atomic mass is 9.93. The van der Waals surface area contributed by atoms with E-state index in [1.165, 1.54) is 96.0 Å². The van der Waals surface area contributed by atoms with Crippen molar-refractivity contribution in [1.29, 1.82) is 0 Å². The van der Waals surface area contributed by atoms with E-state index in [9.17, 15) is 4.79 Å². The van der Waals surface area contributed by atoms with Crippen LogP contribution in [0, 0.1) is 5.92 Å². The lowest BCUT2D eigenvalue weighted by molar-refractivity contribution is -0.125. The maximum atomic E-state index is 13.1. The number of hydrogen-bond acceptors (Lipinski definition) is 5. The number of carbonyl (C=O) groups is 1. The zero-order chi connectivity index (χ0) is 28.1. The maximum absolute atomic E-state index is 13.1. The minimum absolute atomic E-state index is 0.0208. The Bertz CT molecular complexity index is 1090. The molecule has 0 atom stereocenters. The Morgan fingerprint density at radius 3 is 1.98 bits per heavy atom. The fourth-order valence-corrected chi connectivity index (χ4v) is 6.57. The van der Waals surface area contributed by atoms with E-state index in [2.05, 4.69) is 59.3 Å². The fourth-order valence-electron chi connectivity index (χ4n) is 6.57. The molecule has 5 rings (SSSR count). The molecular weight excluding hydrogens is 510 g/mol. The van der Waals surface area contributed by atoms with Crippen molar-refractivity contribution < 1.29 is 4.79 Å². The van der Waals surface area contributed by atoms with Gasteiger partial charge in [0.25, 0.3) is 0 Å². The van der Waals surface area contributed by atoms with E-state index >= 15 is 0 Å². The van der Waals surface area contributed by atoms with Gasteiger partial charge in [-0.3, -0.25) is 9.69 Å². The monoisotopic (exact) mass is 559 g/mol. The van der Waals surface area contributed by atoms with Crippen LogP contribution in [0.2, 0.25) is 0 Å². The fraction of sp³-hybridized carbons (Fsp3) is 0.606. The van der Waals surface area contributed by atoms with Crippen molar-refractivity contribution in [3.63, 3.8) is 0 Å². The second-order valence-corrected chi connectivity index (χ2v) is 12.1. The predicted octanol–water partition coefficient (Wildman–Crippen LogP) is 5.25. The van der Waals surface area contributed by atoms with Crippen LogP contribution in [0.25, 0.3) is 0 Å². The molecule has 2 fully saturated rings. The van der Waals surface area contributed by atoms with E-state index in [0.29, 0.717) is 19.4 Å². The van der Waals surface area contributed by atoms with E-state index in [0.717, 1.165) is 29.8 Å². The summed E-state index contributed by atoms with van der Waals surface area (Å²) in [6, 6.07) is 9.65. The number of nitrogens with zero attached hydrogens (tertiary/aromatic N) is 4. The molecule has 0 bridgehead atoms. The summed E-state index contributed by atoms with van der Waals surface area (Å²) < 4.78 is 0. The quantitative estimate of drug-likeness (QED) is 0.316. The van der Waals surface area contributed by atoms with Gasteiger partial charge in [-0.25, -0.2) is 9.97 Å². The number of amides is 1. The molecule has 3 heterocycles. The summed E-state index contributed by atoms with van der Waals surface area (Å²) in [6.07, 6.45) is 21.8. The summed E-state index contributed by atoms with van der Waals surface area (Å²) in [7, 11) is 0. The number of benzene rings is 1. The van der Waals surface area contributed by atoms with Crippen molar-refractivity contribution >= 4 is 5.91 Å². The van der Waals surface area contributed by atoms with Crippen LogP contribution in [0.4, 0.5) is 0 Å². The van der Waals surface area contributed by atoms with Crippen LogP contribution >= 0.6 is 0 Å². The van der Waals surface area contributed by atoms with Crippen molar-refractivity contribution in [2.45, 2.75) is 96.2 Å². The van der Waals surface area contributed by atoms with E-state index in [-0.39, 0.29) is 11.8 Å². The number of rotatable bonds is 10. The largest absolute Gasteiger partial charge is 0.352 e. The number of nitrogens with one attached hydrogen (secondary N) is 3. The van der Waals surface area contributed by atoms with E-state index in [4.69, 9.17) is 0 Å². The Morgan fingerprint density at radius 2 is 1.34 bits per heavy atom. The molecule has 8 nitrogen and oxygen atoms in total. The Balaban J connectivity index is 1.08. The maximum Gasteiger partial charge on any atom is 0.224 e. The van der Waals surface area contributed by atoms with Crippen molar-refractivity contribution in [3.05, 3.63) is 71.8 Å². The van der Waals surface area contributed by atoms with Gasteiger partial charge in [-0.2, -0.15) is 0 Å². The molecule has 0 unspecified atom stereocenters. The molecule has 1 saturated carbocycles. The molecule has 222 valence electrons. The molecule has 1 aliphatic heterocycles. The molecule has 0 radical (unpaired) electrons. The van der Waals surface area contributed by atoms with Crippen LogP contribution in [0.15, 0.2) is 49.1 Å². The van der Waals surface area contributed by atoms with Gasteiger partial charge in [0.15, 0.2) is 0 Å². The minimum atomic E-state index is -0.245. The van der Waals surface area contributed by atoms with Crippen LogP contribution < -0.4 is 5.32 Å². The average molecular weight is 560 g/mol. The zero-order valence-corrected chi connectivity index (χ0v) is 24.7. The summed E-state index contributed by atoms with van der Waals surface area (Å²) in [6.45, 7) is 6.48. The first kappa shape index (κ1) is 29.5. The zero-order valence-electron chi connectivity index (χ0n) is 24.7. The van der Waals surface area contributed by atoms with Crippen LogP contribution in [0.5, 0.6) is 0 Å². The number of hydrogen-bond donors (Lipinski definition) is 3. The number of imidazole rings is 2. The van der Waals surface area contributed by atoms with Crippen LogP contribution in [-0.4, -0.2) is 67.9 Å². The molecule has 1 amide bonds. The first-order valence-electron chi connectivity index (χ1n) is 16.0. The molecule has 2 aliphatic rings. The van der Waals surface area contributed by atoms with Gasteiger partial charge in [-0.1, -0.05) is 49.9 Å². The lowest BCUT2D eigenvalue weighted by Crippen LogP contribution is -2.38. The summed E-state index contributed by atoms with van der Waals surface area (Å²) >= 11 is 0. The van der Waals surface area contributed by atoms with Crippen molar-refractivity contribution in [2.75, 3.05) is 26.2 Å². The molecule has 1 aromatic carbocycles. The highest BCUT2D eigenvalue weighted by Crippen LogP contribution is 2.24. The summed E-state index contributed by atoms with van der Waals surface area (Å²) in [5.74, 6) is 1.40. The summed E-state index contributed by atoms with van der Waals surface area (Å²) in [5.41, 5.74) is 2.48. The molecule has 8 heteroatoms. The molecule has 1 saturated heterocycles. The Morgan fingerprint density at radius 1 is 0.780 bits per heavy atom. The molecule has 3 aromatic rings. The van der Waals surface area contributed by atoms with E-state index in [1.807, 2.05) is 0 Å². The topological polar surface area (TPSA) is 92.9 Å². The third-order valence-electron chi connectivity index (χ3n) is 8.94. The Kier molecular flexibility index (Phi) is 11.4. The van der Waals surface area contributed by atoms with Gasteiger partial charge in [-0.15, -0.1) is 0 Å².